The van der Waals surface area contributed by atoms with Crippen LogP contribution in [0.5, 0.6) is 0 Å². The van der Waals surface area contributed by atoms with Crippen LogP contribution < -0.4 is 10.2 Å². The van der Waals surface area contributed by atoms with Crippen LogP contribution in [-0.4, -0.2) is 69.4 Å². The minimum absolute atomic E-state index is 0.0218. The molecule has 0 aliphatic carbocycles. The van der Waals surface area contributed by atoms with Gasteiger partial charge in [0.2, 0.25) is 5.91 Å². The molecule has 0 rings (SSSR count). The number of unbranched alkanes of at least 4 members (excludes halogenated alkanes) is 40. The van der Waals surface area contributed by atoms with Crippen molar-refractivity contribution in [1.82, 2.24) is 5.32 Å². The molecule has 0 aromatic carbocycles. The molecule has 0 aromatic rings. The largest absolute Gasteiger partial charge is 0.756 e. The third-order valence-electron chi connectivity index (χ3n) is 15.7. The molecule has 0 heterocycles. The average molecular weight is 1170 g/mol. The van der Waals surface area contributed by atoms with Gasteiger partial charge in [0.1, 0.15) is 19.3 Å². The van der Waals surface area contributed by atoms with Crippen molar-refractivity contribution in [3.63, 3.8) is 0 Å². The number of carbonyl (C=O) groups is 2. The number of hydrogen-bond donors (Lipinski definition) is 1. The van der Waals surface area contributed by atoms with Gasteiger partial charge in [0.15, 0.2) is 0 Å². The number of allylic oxidation sites excluding steroid dienone is 9. The molecule has 0 spiro atoms. The monoisotopic (exact) mass is 1170 g/mol. The number of nitrogens with one attached hydrogen (secondary N) is 1. The van der Waals surface area contributed by atoms with Crippen LogP contribution in [-0.2, 0) is 27.9 Å². The van der Waals surface area contributed by atoms with Crippen molar-refractivity contribution in [3.8, 4) is 0 Å². The van der Waals surface area contributed by atoms with E-state index in [1.807, 2.05) is 33.3 Å². The zero-order valence-electron chi connectivity index (χ0n) is 54.9. The molecule has 0 aromatic heterocycles. The standard InChI is InChI=1S/C72H135N2O7P/c1-7-10-13-16-19-22-25-28-30-32-33-34-35-36-37-38-39-40-41-43-45-47-50-53-56-59-62-65-72(76)81-70(63-60-57-54-51-48-27-24-21-18-15-12-9-3)69(68-80-82(77,78)79-67-66-74(4,5)6)73-71(75)64-61-58-55-52-49-46-44-42-31-29-26-23-20-17-14-11-8-2/h19,22,28,30,33-34,36-37,60,63,69-70H,7-18,20-21,23-27,29,31-32,35,38-59,61-62,64-68H2,1-6H3,(H-,73,75,77,78)/b22-19-,30-28-,34-33-,37-36-,63-60+. The van der Waals surface area contributed by atoms with E-state index >= 15 is 0 Å². The number of phosphoric ester groups is 1. The number of phosphoric acid groups is 1. The van der Waals surface area contributed by atoms with Crippen LogP contribution >= 0.6 is 7.82 Å². The number of nitrogens with zero attached hydrogens (tertiary/aromatic N) is 1. The topological polar surface area (TPSA) is 114 Å². The first-order valence-corrected chi connectivity index (χ1v) is 36.6. The van der Waals surface area contributed by atoms with Gasteiger partial charge < -0.3 is 28.5 Å². The van der Waals surface area contributed by atoms with Gasteiger partial charge in [-0.3, -0.25) is 14.2 Å². The van der Waals surface area contributed by atoms with Crippen LogP contribution in [0.3, 0.4) is 0 Å². The number of quaternary nitrogens is 1. The van der Waals surface area contributed by atoms with E-state index in [9.17, 15) is 19.0 Å². The van der Waals surface area contributed by atoms with Gasteiger partial charge in [0.05, 0.1) is 33.8 Å². The summed E-state index contributed by atoms with van der Waals surface area (Å²) < 4.78 is 30.4. The number of ether oxygens (including phenoxy) is 1. The summed E-state index contributed by atoms with van der Waals surface area (Å²) in [4.78, 5) is 40.1. The van der Waals surface area contributed by atoms with Gasteiger partial charge in [-0.1, -0.05) is 307 Å². The molecule has 3 atom stereocenters. The average Bonchev–Trinajstić information content (AvgIpc) is 3.44. The molecular weight excluding hydrogens is 1040 g/mol. The lowest BCUT2D eigenvalue weighted by Crippen LogP contribution is -2.47. The fourth-order valence-corrected chi connectivity index (χ4v) is 11.0. The van der Waals surface area contributed by atoms with Crippen molar-refractivity contribution in [2.24, 2.45) is 0 Å². The van der Waals surface area contributed by atoms with E-state index < -0.39 is 20.0 Å². The summed E-state index contributed by atoms with van der Waals surface area (Å²) in [5.74, 6) is -0.531. The van der Waals surface area contributed by atoms with Crippen molar-refractivity contribution < 1.29 is 37.3 Å². The van der Waals surface area contributed by atoms with Gasteiger partial charge in [-0.2, -0.15) is 0 Å². The number of rotatable bonds is 64. The Morgan fingerprint density at radius 3 is 1.13 bits per heavy atom. The van der Waals surface area contributed by atoms with E-state index in [1.165, 1.54) is 225 Å². The van der Waals surface area contributed by atoms with Crippen molar-refractivity contribution in [2.75, 3.05) is 40.9 Å². The smallest absolute Gasteiger partial charge is 0.306 e. The van der Waals surface area contributed by atoms with E-state index in [1.54, 1.807) is 0 Å². The van der Waals surface area contributed by atoms with Crippen LogP contribution in [0.2, 0.25) is 0 Å². The number of esters is 1. The Kier molecular flexibility index (Phi) is 60.1. The van der Waals surface area contributed by atoms with Crippen molar-refractivity contribution in [1.29, 1.82) is 0 Å². The van der Waals surface area contributed by atoms with Crippen LogP contribution in [0.25, 0.3) is 0 Å². The highest BCUT2D eigenvalue weighted by Gasteiger charge is 2.27. The van der Waals surface area contributed by atoms with E-state index in [0.717, 1.165) is 77.0 Å². The van der Waals surface area contributed by atoms with E-state index in [0.29, 0.717) is 17.4 Å². The zero-order chi connectivity index (χ0) is 60.0. The SMILES string of the molecule is CCCCC/C=C\C/C=C\C/C=C\C/C=C\CCCCCCCCCCCCCC(=O)OC(/C=C/CCCCCCCCCCCC)C(COP(=O)([O-])OCC[N+](C)(C)C)NC(=O)CCCCCCCCCCCCCCCCCCC. The highest BCUT2D eigenvalue weighted by atomic mass is 31.2. The maximum atomic E-state index is 13.6. The molecule has 0 bridgehead atoms. The summed E-state index contributed by atoms with van der Waals surface area (Å²) in [6.07, 6.45) is 79.1. The molecule has 0 saturated heterocycles. The third kappa shape index (κ3) is 62.2. The van der Waals surface area contributed by atoms with E-state index in [2.05, 4.69) is 74.7 Å². The molecule has 0 radical (unpaired) electrons. The van der Waals surface area contributed by atoms with Crippen molar-refractivity contribution in [2.45, 2.75) is 348 Å². The van der Waals surface area contributed by atoms with Crippen molar-refractivity contribution in [3.05, 3.63) is 60.8 Å². The highest BCUT2D eigenvalue weighted by molar-refractivity contribution is 7.45. The van der Waals surface area contributed by atoms with Gasteiger partial charge in [-0.05, 0) is 76.7 Å². The first kappa shape index (κ1) is 79.7. The Balaban J connectivity index is 5.04. The predicted molar refractivity (Wildman–Crippen MR) is 353 cm³/mol. The van der Waals surface area contributed by atoms with Crippen LogP contribution in [0.15, 0.2) is 60.8 Å². The summed E-state index contributed by atoms with van der Waals surface area (Å²) in [6, 6.07) is -0.888. The molecule has 0 aliphatic rings. The highest BCUT2D eigenvalue weighted by Crippen LogP contribution is 2.38. The number of likely N-dealkylation sites (N-methyl/N-ethyl adjacent to an activating group) is 1. The lowest BCUT2D eigenvalue weighted by atomic mass is 10.0. The summed E-state index contributed by atoms with van der Waals surface area (Å²) in [7, 11) is 1.19. The molecule has 480 valence electrons. The lowest BCUT2D eigenvalue weighted by Gasteiger charge is -2.30. The number of amides is 1. The second-order valence-electron chi connectivity index (χ2n) is 25.0. The Labute approximate surface area is 509 Å². The fraction of sp³-hybridized carbons (Fsp3) is 0.833. The molecule has 1 amide bonds. The minimum atomic E-state index is -4.70. The molecule has 9 nitrogen and oxygen atoms in total. The maximum Gasteiger partial charge on any atom is 0.306 e. The number of carbonyl (C=O) groups excluding carboxylic acids is 2. The third-order valence-corrected chi connectivity index (χ3v) is 16.7. The summed E-state index contributed by atoms with van der Waals surface area (Å²) in [5.41, 5.74) is 0. The van der Waals surface area contributed by atoms with E-state index in [-0.39, 0.29) is 31.5 Å². The normalized spacial score (nSPS) is 13.9. The molecule has 82 heavy (non-hydrogen) atoms. The fourth-order valence-electron chi connectivity index (χ4n) is 10.3. The summed E-state index contributed by atoms with van der Waals surface area (Å²) >= 11 is 0. The molecule has 3 unspecified atom stereocenters. The molecule has 0 fully saturated rings. The van der Waals surface area contributed by atoms with Gasteiger partial charge in [0, 0.05) is 12.8 Å². The predicted octanol–water partition coefficient (Wildman–Crippen LogP) is 21.5. The van der Waals surface area contributed by atoms with Gasteiger partial charge in [-0.15, -0.1) is 0 Å². The Morgan fingerprint density at radius 2 is 0.744 bits per heavy atom. The number of hydrogen-bond acceptors (Lipinski definition) is 7. The summed E-state index contributed by atoms with van der Waals surface area (Å²) in [6.45, 7) is 6.85. The molecule has 10 heteroatoms. The minimum Gasteiger partial charge on any atom is -0.756 e. The van der Waals surface area contributed by atoms with Crippen molar-refractivity contribution >= 4 is 19.7 Å². The Bertz CT molecular complexity index is 1590. The lowest BCUT2D eigenvalue weighted by molar-refractivity contribution is -0.870. The van der Waals surface area contributed by atoms with Crippen LogP contribution in [0, 0.1) is 0 Å². The van der Waals surface area contributed by atoms with Gasteiger partial charge >= 0.3 is 5.97 Å². The quantitative estimate of drug-likeness (QED) is 0.0212. The first-order chi connectivity index (χ1) is 39.9. The molecule has 0 saturated carbocycles. The van der Waals surface area contributed by atoms with Crippen LogP contribution in [0.1, 0.15) is 335 Å². The first-order valence-electron chi connectivity index (χ1n) is 35.1. The Hall–Kier alpha value is -2.29. The zero-order valence-corrected chi connectivity index (χ0v) is 55.8. The van der Waals surface area contributed by atoms with Crippen LogP contribution in [0.4, 0.5) is 0 Å². The maximum absolute atomic E-state index is 13.6. The Morgan fingerprint density at radius 1 is 0.427 bits per heavy atom. The second-order valence-corrected chi connectivity index (χ2v) is 26.5. The second kappa shape index (κ2) is 61.8. The summed E-state index contributed by atoms with van der Waals surface area (Å²) in [5, 5.41) is 3.04. The molecule has 0 aliphatic heterocycles. The van der Waals surface area contributed by atoms with Gasteiger partial charge in [0.25, 0.3) is 7.82 Å². The van der Waals surface area contributed by atoms with Gasteiger partial charge in [-0.25, -0.2) is 0 Å². The van der Waals surface area contributed by atoms with E-state index in [4.69, 9.17) is 13.8 Å². The molecule has 1 N–H and O–H groups in total. The molecular formula is C72H135N2O7P.